The number of urea groups is 1. The van der Waals surface area contributed by atoms with Crippen LogP contribution < -0.4 is 26.2 Å². The third kappa shape index (κ3) is 5.18. The molecule has 0 aliphatic carbocycles. The maximum Gasteiger partial charge on any atom is 0.320 e. The molecule has 1 saturated heterocycles. The quantitative estimate of drug-likeness (QED) is 0.503. The van der Waals surface area contributed by atoms with Crippen molar-refractivity contribution in [3.8, 4) is 0 Å². The molecule has 1 aromatic carbocycles. The molecule has 2 amide bonds. The zero-order valence-corrected chi connectivity index (χ0v) is 18.1. The number of piperazine rings is 1. The number of hydrogen-bond donors (Lipinski definition) is 4. The van der Waals surface area contributed by atoms with E-state index in [9.17, 15) is 4.79 Å². The molecule has 0 saturated carbocycles. The fourth-order valence-electron chi connectivity index (χ4n) is 3.51. The van der Waals surface area contributed by atoms with E-state index in [1.54, 1.807) is 6.20 Å². The Morgan fingerprint density at radius 2 is 1.87 bits per heavy atom. The number of pyridine rings is 1. The van der Waals surface area contributed by atoms with Crippen LogP contribution in [0.4, 0.5) is 27.9 Å². The lowest BCUT2D eigenvalue weighted by Crippen LogP contribution is -2.43. The van der Waals surface area contributed by atoms with Crippen LogP contribution in [0.15, 0.2) is 36.5 Å². The van der Waals surface area contributed by atoms with Gasteiger partial charge in [0.25, 0.3) is 0 Å². The number of anilines is 4. The van der Waals surface area contributed by atoms with Gasteiger partial charge < -0.3 is 20.9 Å². The number of benzene rings is 1. The summed E-state index contributed by atoms with van der Waals surface area (Å²) in [7, 11) is 0. The smallest absolute Gasteiger partial charge is 0.320 e. The molecular formula is C22H28N8O. The van der Waals surface area contributed by atoms with E-state index in [1.165, 1.54) is 5.69 Å². The lowest BCUT2D eigenvalue weighted by molar-refractivity contribution is 0.250. The first-order chi connectivity index (χ1) is 15.0. The minimum absolute atomic E-state index is 0.0395. The highest BCUT2D eigenvalue weighted by molar-refractivity contribution is 5.90. The number of aromatic nitrogens is 3. The van der Waals surface area contributed by atoms with Gasteiger partial charge in [-0.1, -0.05) is 0 Å². The number of aryl methyl sites for hydroxylation is 1. The van der Waals surface area contributed by atoms with Crippen LogP contribution in [0.1, 0.15) is 19.4 Å². The summed E-state index contributed by atoms with van der Waals surface area (Å²) in [4.78, 5) is 27.8. The predicted octanol–water partition coefficient (Wildman–Crippen LogP) is 3.02. The average molecular weight is 421 g/mol. The molecule has 1 aliphatic rings. The lowest BCUT2D eigenvalue weighted by Gasteiger charge is -2.29. The molecule has 4 N–H and O–H groups in total. The van der Waals surface area contributed by atoms with Gasteiger partial charge in [0.15, 0.2) is 5.65 Å². The fraction of sp³-hybridized carbons (Fsp3) is 0.364. The monoisotopic (exact) mass is 420 g/mol. The zero-order valence-electron chi connectivity index (χ0n) is 18.1. The number of carbonyl (C=O) groups is 1. The van der Waals surface area contributed by atoms with E-state index in [4.69, 9.17) is 0 Å². The Hall–Kier alpha value is -3.46. The molecule has 0 bridgehead atoms. The molecule has 1 fully saturated rings. The van der Waals surface area contributed by atoms with Crippen molar-refractivity contribution in [2.45, 2.75) is 26.8 Å². The minimum atomic E-state index is -0.293. The highest BCUT2D eigenvalue weighted by Gasteiger charge is 2.12. The fourth-order valence-corrected chi connectivity index (χ4v) is 3.51. The molecule has 1 aliphatic heterocycles. The molecule has 0 radical (unpaired) electrons. The van der Waals surface area contributed by atoms with E-state index in [0.717, 1.165) is 42.8 Å². The van der Waals surface area contributed by atoms with Crippen molar-refractivity contribution in [2.24, 2.45) is 0 Å². The van der Waals surface area contributed by atoms with Crippen molar-refractivity contribution in [2.75, 3.05) is 41.7 Å². The van der Waals surface area contributed by atoms with E-state index in [-0.39, 0.29) is 12.1 Å². The van der Waals surface area contributed by atoms with Crippen molar-refractivity contribution >= 4 is 40.2 Å². The number of fused-ring (bicyclic) bond motifs is 1. The Kier molecular flexibility index (Phi) is 6.13. The maximum atomic E-state index is 12.0. The van der Waals surface area contributed by atoms with Gasteiger partial charge in [-0.15, -0.1) is 0 Å². The summed E-state index contributed by atoms with van der Waals surface area (Å²) in [6.45, 7) is 9.79. The van der Waals surface area contributed by atoms with Crippen LogP contribution >= 0.6 is 0 Å². The summed E-state index contributed by atoms with van der Waals surface area (Å²) in [5.41, 5.74) is 3.58. The van der Waals surface area contributed by atoms with Gasteiger partial charge >= 0.3 is 6.03 Å². The Bertz CT molecular complexity index is 1060. The summed E-state index contributed by atoms with van der Waals surface area (Å²) in [6, 6.07) is 9.82. The molecule has 31 heavy (non-hydrogen) atoms. The second-order valence-electron chi connectivity index (χ2n) is 7.92. The van der Waals surface area contributed by atoms with Crippen LogP contribution in [0, 0.1) is 6.92 Å². The summed E-state index contributed by atoms with van der Waals surface area (Å²) >= 11 is 0. The van der Waals surface area contributed by atoms with E-state index in [0.29, 0.717) is 17.4 Å². The van der Waals surface area contributed by atoms with E-state index in [1.807, 2.05) is 39.0 Å². The number of amides is 2. The number of hydrogen-bond acceptors (Lipinski definition) is 7. The second-order valence-corrected chi connectivity index (χ2v) is 7.92. The third-order valence-electron chi connectivity index (χ3n) is 5.04. The van der Waals surface area contributed by atoms with Crippen LogP contribution in [0.25, 0.3) is 11.0 Å². The Balaban J connectivity index is 1.50. The first kappa shape index (κ1) is 20.8. The Morgan fingerprint density at radius 1 is 1.13 bits per heavy atom. The third-order valence-corrected chi connectivity index (χ3v) is 5.04. The number of rotatable bonds is 5. The highest BCUT2D eigenvalue weighted by Crippen LogP contribution is 2.23. The molecule has 162 valence electrons. The van der Waals surface area contributed by atoms with Gasteiger partial charge in [0.2, 0.25) is 5.95 Å². The van der Waals surface area contributed by atoms with Gasteiger partial charge in [-0.2, -0.15) is 4.98 Å². The number of carbonyl (C=O) groups excluding carboxylic acids is 1. The lowest BCUT2D eigenvalue weighted by atomic mass is 10.2. The van der Waals surface area contributed by atoms with Crippen molar-refractivity contribution in [3.05, 3.63) is 42.1 Å². The summed E-state index contributed by atoms with van der Waals surface area (Å²) in [6.07, 6.45) is 1.75. The first-order valence-corrected chi connectivity index (χ1v) is 10.5. The second kappa shape index (κ2) is 9.13. The summed E-state index contributed by atoms with van der Waals surface area (Å²) < 4.78 is 0. The predicted molar refractivity (Wildman–Crippen MR) is 124 cm³/mol. The van der Waals surface area contributed by atoms with Crippen molar-refractivity contribution in [1.82, 2.24) is 25.6 Å². The summed E-state index contributed by atoms with van der Waals surface area (Å²) in [5, 5.41) is 13.0. The van der Waals surface area contributed by atoms with Crippen LogP contribution in [-0.2, 0) is 0 Å². The van der Waals surface area contributed by atoms with Crippen LogP contribution in [0.3, 0.4) is 0 Å². The van der Waals surface area contributed by atoms with Gasteiger partial charge in [0.1, 0.15) is 5.82 Å². The van der Waals surface area contributed by atoms with Gasteiger partial charge in [0, 0.05) is 55.2 Å². The highest BCUT2D eigenvalue weighted by atomic mass is 16.2. The van der Waals surface area contributed by atoms with Gasteiger partial charge in [-0.3, -0.25) is 5.32 Å². The van der Waals surface area contributed by atoms with Gasteiger partial charge in [0.05, 0.1) is 0 Å². The van der Waals surface area contributed by atoms with Crippen molar-refractivity contribution < 1.29 is 4.79 Å². The maximum absolute atomic E-state index is 12.0. The first-order valence-electron chi connectivity index (χ1n) is 10.5. The molecule has 0 spiro atoms. The van der Waals surface area contributed by atoms with E-state index in [2.05, 4.69) is 53.3 Å². The number of nitrogens with one attached hydrogen (secondary N) is 4. The van der Waals surface area contributed by atoms with Crippen LogP contribution in [0.2, 0.25) is 0 Å². The molecule has 0 unspecified atom stereocenters. The van der Waals surface area contributed by atoms with E-state index < -0.39 is 0 Å². The standard InChI is InChI=1S/C22H28N8O/c1-14(2)25-22(31)28-19-12-15(3)18-13-24-21(29-20(18)27-19)26-16-4-6-17(7-5-16)30-10-8-23-9-11-30/h4-7,12-14,23H,8-11H2,1-3H3,(H3,24,25,26,27,28,29,31). The molecule has 9 nitrogen and oxygen atoms in total. The molecule has 3 aromatic rings. The van der Waals surface area contributed by atoms with Crippen LogP contribution in [0.5, 0.6) is 0 Å². The molecule has 4 rings (SSSR count). The normalized spacial score (nSPS) is 14.0. The largest absolute Gasteiger partial charge is 0.369 e. The molecular weight excluding hydrogens is 392 g/mol. The average Bonchev–Trinajstić information content (AvgIpc) is 2.74. The number of nitrogens with zero attached hydrogens (tertiary/aromatic N) is 4. The zero-order chi connectivity index (χ0) is 21.8. The summed E-state index contributed by atoms with van der Waals surface area (Å²) in [5.74, 6) is 0.909. The van der Waals surface area contributed by atoms with Crippen molar-refractivity contribution in [1.29, 1.82) is 0 Å². The molecule has 0 atom stereocenters. The Labute approximate surface area is 181 Å². The van der Waals surface area contributed by atoms with Gasteiger partial charge in [-0.25, -0.2) is 14.8 Å². The molecule has 9 heteroatoms. The van der Waals surface area contributed by atoms with E-state index >= 15 is 0 Å². The van der Waals surface area contributed by atoms with Crippen LogP contribution in [-0.4, -0.2) is 53.2 Å². The molecule has 2 aromatic heterocycles. The van der Waals surface area contributed by atoms with Gasteiger partial charge in [-0.05, 0) is 56.7 Å². The topological polar surface area (TPSA) is 107 Å². The SMILES string of the molecule is Cc1cc(NC(=O)NC(C)C)nc2nc(Nc3ccc(N4CCNCC4)cc3)ncc12. The minimum Gasteiger partial charge on any atom is -0.369 e. The van der Waals surface area contributed by atoms with Crippen molar-refractivity contribution in [3.63, 3.8) is 0 Å². The Morgan fingerprint density at radius 3 is 2.58 bits per heavy atom. The molecule has 3 heterocycles.